The average Bonchev–Trinajstić information content (AvgIpc) is 2.70. The van der Waals surface area contributed by atoms with Crippen LogP contribution in [0.2, 0.25) is 0 Å². The van der Waals surface area contributed by atoms with Crippen molar-refractivity contribution in [3.8, 4) is 0 Å². The van der Waals surface area contributed by atoms with Gasteiger partial charge in [0, 0.05) is 13.8 Å². The molecule has 0 saturated carbocycles. The molecule has 1 nitrogen and oxygen atoms in total. The lowest BCUT2D eigenvalue weighted by Gasteiger charge is -2.18. The molecule has 102 valence electrons. The summed E-state index contributed by atoms with van der Waals surface area (Å²) < 4.78 is 3.37. The van der Waals surface area contributed by atoms with E-state index < -0.39 is 0 Å². The van der Waals surface area contributed by atoms with E-state index in [9.17, 15) is 0 Å². The van der Waals surface area contributed by atoms with Crippen molar-refractivity contribution in [1.29, 1.82) is 0 Å². The largest absolute Gasteiger partial charge is 0.306 e. The molecule has 2 aromatic rings. The van der Waals surface area contributed by atoms with Crippen molar-refractivity contribution in [1.82, 2.24) is 5.32 Å². The monoisotopic (exact) mass is 465 g/mol. The predicted octanol–water partition coefficient (Wildman–Crippen LogP) is 6.12. The van der Waals surface area contributed by atoms with E-state index in [1.54, 1.807) is 11.3 Å². The average molecular weight is 468 g/mol. The van der Waals surface area contributed by atoms with E-state index in [1.165, 1.54) is 10.4 Å². The van der Waals surface area contributed by atoms with Crippen molar-refractivity contribution >= 4 is 59.1 Å². The van der Waals surface area contributed by atoms with Crippen molar-refractivity contribution < 1.29 is 0 Å². The topological polar surface area (TPSA) is 12.0 Å². The Labute approximate surface area is 143 Å². The van der Waals surface area contributed by atoms with Gasteiger partial charge in [0.05, 0.1) is 9.83 Å². The smallest absolute Gasteiger partial charge is 0.0843 e. The maximum Gasteiger partial charge on any atom is 0.0843 e. The standard InChI is InChI=1S/C14H14Br3NS/c1-2-6-18-13(9-4-3-5-10(15)7-9)12-8-11(16)14(17)19-12/h3-5,7-8,13,18H,2,6H2,1H3. The molecule has 1 atom stereocenters. The van der Waals surface area contributed by atoms with Gasteiger partial charge < -0.3 is 5.32 Å². The van der Waals surface area contributed by atoms with Gasteiger partial charge in [0.1, 0.15) is 0 Å². The third kappa shape index (κ3) is 4.14. The van der Waals surface area contributed by atoms with Gasteiger partial charge in [-0.1, -0.05) is 35.0 Å². The van der Waals surface area contributed by atoms with Crippen LogP contribution < -0.4 is 5.32 Å². The molecule has 1 heterocycles. The molecule has 0 saturated heterocycles. The van der Waals surface area contributed by atoms with E-state index in [1.807, 2.05) is 0 Å². The van der Waals surface area contributed by atoms with E-state index >= 15 is 0 Å². The maximum absolute atomic E-state index is 3.62. The molecule has 0 bridgehead atoms. The summed E-state index contributed by atoms with van der Waals surface area (Å²) in [5.74, 6) is 0. The number of benzene rings is 1. The van der Waals surface area contributed by atoms with Crippen molar-refractivity contribution in [2.24, 2.45) is 0 Å². The first-order valence-corrected chi connectivity index (χ1v) is 9.25. The third-order valence-electron chi connectivity index (χ3n) is 2.73. The lowest BCUT2D eigenvalue weighted by molar-refractivity contribution is 0.605. The summed E-state index contributed by atoms with van der Waals surface area (Å²) in [4.78, 5) is 1.31. The summed E-state index contributed by atoms with van der Waals surface area (Å²) in [5.41, 5.74) is 1.28. The molecule has 1 aromatic carbocycles. The third-order valence-corrected chi connectivity index (χ3v) is 6.54. The second kappa shape index (κ2) is 7.36. The first-order valence-electron chi connectivity index (χ1n) is 6.05. The van der Waals surface area contributed by atoms with Gasteiger partial charge in [0.25, 0.3) is 0 Å². The second-order valence-corrected chi connectivity index (χ2v) is 8.38. The molecule has 0 spiro atoms. The molecule has 0 amide bonds. The van der Waals surface area contributed by atoms with Crippen molar-refractivity contribution in [2.45, 2.75) is 19.4 Å². The molecule has 1 N–H and O–H groups in total. The van der Waals surface area contributed by atoms with E-state index in [2.05, 4.69) is 90.4 Å². The van der Waals surface area contributed by atoms with E-state index in [4.69, 9.17) is 0 Å². The molecule has 1 aromatic heterocycles. The Morgan fingerprint density at radius 2 is 2.00 bits per heavy atom. The fraction of sp³-hybridized carbons (Fsp3) is 0.286. The molecule has 0 radical (unpaired) electrons. The fourth-order valence-corrected chi connectivity index (χ4v) is 4.47. The van der Waals surface area contributed by atoms with Crippen LogP contribution in [0.25, 0.3) is 0 Å². The Kier molecular flexibility index (Phi) is 6.09. The number of hydrogen-bond acceptors (Lipinski definition) is 2. The molecule has 0 aliphatic heterocycles. The predicted molar refractivity (Wildman–Crippen MR) is 94.0 cm³/mol. The first-order chi connectivity index (χ1) is 9.11. The SMILES string of the molecule is CCCNC(c1cccc(Br)c1)c1cc(Br)c(Br)s1. The van der Waals surface area contributed by atoms with Gasteiger partial charge in [-0.25, -0.2) is 0 Å². The van der Waals surface area contributed by atoms with Crippen molar-refractivity contribution in [3.05, 3.63) is 53.5 Å². The highest BCUT2D eigenvalue weighted by Gasteiger charge is 2.17. The Bertz CT molecular complexity index is 534. The van der Waals surface area contributed by atoms with E-state index in [-0.39, 0.29) is 6.04 Å². The summed E-state index contributed by atoms with van der Waals surface area (Å²) in [6.45, 7) is 3.19. The number of thiophene rings is 1. The minimum Gasteiger partial charge on any atom is -0.306 e. The number of rotatable bonds is 5. The molecule has 0 aliphatic carbocycles. The van der Waals surface area contributed by atoms with Crippen molar-refractivity contribution in [2.75, 3.05) is 6.54 Å². The van der Waals surface area contributed by atoms with Gasteiger partial charge in [0.15, 0.2) is 0 Å². The molecular formula is C14H14Br3NS. The minimum absolute atomic E-state index is 0.241. The van der Waals surface area contributed by atoms with Crippen LogP contribution in [-0.2, 0) is 0 Å². The molecule has 0 fully saturated rings. The summed E-state index contributed by atoms with van der Waals surface area (Å²) in [6, 6.07) is 10.9. The summed E-state index contributed by atoms with van der Waals surface area (Å²) in [7, 11) is 0. The highest BCUT2D eigenvalue weighted by Crippen LogP contribution is 2.38. The number of hydrogen-bond donors (Lipinski definition) is 1. The van der Waals surface area contributed by atoms with Gasteiger partial charge >= 0.3 is 0 Å². The maximum atomic E-state index is 3.62. The minimum atomic E-state index is 0.241. The summed E-state index contributed by atoms with van der Waals surface area (Å²) in [6.07, 6.45) is 1.12. The van der Waals surface area contributed by atoms with Gasteiger partial charge in [-0.05, 0) is 68.6 Å². The van der Waals surface area contributed by atoms with Crippen LogP contribution in [-0.4, -0.2) is 6.54 Å². The van der Waals surface area contributed by atoms with Crippen LogP contribution in [0.1, 0.15) is 29.8 Å². The molecular weight excluding hydrogens is 454 g/mol. The first kappa shape index (κ1) is 15.7. The highest BCUT2D eigenvalue weighted by molar-refractivity contribution is 9.13. The Hall–Kier alpha value is 0.320. The van der Waals surface area contributed by atoms with Gasteiger partial charge in [-0.15, -0.1) is 11.3 Å². The van der Waals surface area contributed by atoms with Crippen LogP contribution >= 0.6 is 59.1 Å². The molecule has 5 heteroatoms. The zero-order valence-corrected chi connectivity index (χ0v) is 16.0. The van der Waals surface area contributed by atoms with Crippen LogP contribution in [0.5, 0.6) is 0 Å². The Morgan fingerprint density at radius 3 is 2.58 bits per heavy atom. The summed E-state index contributed by atoms with van der Waals surface area (Å²) >= 11 is 12.5. The van der Waals surface area contributed by atoms with Crippen LogP contribution in [0.15, 0.2) is 43.1 Å². The van der Waals surface area contributed by atoms with Crippen molar-refractivity contribution in [3.63, 3.8) is 0 Å². The van der Waals surface area contributed by atoms with Gasteiger partial charge in [-0.3, -0.25) is 0 Å². The number of halogens is 3. The van der Waals surface area contributed by atoms with Gasteiger partial charge in [-0.2, -0.15) is 0 Å². The quantitative estimate of drug-likeness (QED) is 0.558. The van der Waals surface area contributed by atoms with Gasteiger partial charge in [0.2, 0.25) is 0 Å². The fourth-order valence-electron chi connectivity index (χ4n) is 1.86. The molecule has 2 rings (SSSR count). The Morgan fingerprint density at radius 1 is 1.21 bits per heavy atom. The van der Waals surface area contributed by atoms with E-state index in [0.29, 0.717) is 0 Å². The van der Waals surface area contributed by atoms with Crippen LogP contribution in [0.4, 0.5) is 0 Å². The van der Waals surface area contributed by atoms with Crippen LogP contribution in [0, 0.1) is 0 Å². The second-order valence-electron chi connectivity index (χ2n) is 4.21. The zero-order valence-electron chi connectivity index (χ0n) is 10.4. The number of nitrogens with one attached hydrogen (secondary N) is 1. The lowest BCUT2D eigenvalue weighted by atomic mass is 10.1. The molecule has 19 heavy (non-hydrogen) atoms. The lowest BCUT2D eigenvalue weighted by Crippen LogP contribution is -2.22. The Balaban J connectivity index is 2.35. The molecule has 1 unspecified atom stereocenters. The summed E-state index contributed by atoms with van der Waals surface area (Å²) in [5, 5.41) is 3.62. The normalized spacial score (nSPS) is 12.6. The highest BCUT2D eigenvalue weighted by atomic mass is 79.9. The van der Waals surface area contributed by atoms with Crippen LogP contribution in [0.3, 0.4) is 0 Å². The zero-order chi connectivity index (χ0) is 13.8. The van der Waals surface area contributed by atoms with E-state index in [0.717, 1.165) is 25.7 Å². The molecule has 0 aliphatic rings.